The highest BCUT2D eigenvalue weighted by Crippen LogP contribution is 2.20. The Morgan fingerprint density at radius 2 is 2.30 bits per heavy atom. The maximum Gasteiger partial charge on any atom is 0.139 e. The molecule has 0 aromatic heterocycles. The van der Waals surface area contributed by atoms with Crippen LogP contribution in [0.3, 0.4) is 0 Å². The van der Waals surface area contributed by atoms with E-state index in [2.05, 4.69) is 0 Å². The van der Waals surface area contributed by atoms with E-state index in [4.69, 9.17) is 10.8 Å². The Kier molecular flexibility index (Phi) is 1.54. The fraction of sp³-hybridized carbons (Fsp3) is 0.429. The van der Waals surface area contributed by atoms with Crippen molar-refractivity contribution in [2.75, 3.05) is 0 Å². The summed E-state index contributed by atoms with van der Waals surface area (Å²) in [6, 6.07) is 0. The van der Waals surface area contributed by atoms with Crippen LogP contribution in [0.25, 0.3) is 0 Å². The minimum atomic E-state index is -1.30. The SMILES string of the molecule is C[C@H]1C=C(O)C=C[C@@]1(N)O. The molecule has 4 N–H and O–H groups in total. The van der Waals surface area contributed by atoms with Crippen LogP contribution < -0.4 is 5.73 Å². The van der Waals surface area contributed by atoms with Crippen molar-refractivity contribution in [3.8, 4) is 0 Å². The van der Waals surface area contributed by atoms with E-state index in [-0.39, 0.29) is 11.7 Å². The molecule has 1 aliphatic rings. The van der Waals surface area contributed by atoms with Gasteiger partial charge in [-0.15, -0.1) is 0 Å². The molecule has 0 amide bonds. The minimum Gasteiger partial charge on any atom is -0.508 e. The normalized spacial score (nSPS) is 39.5. The van der Waals surface area contributed by atoms with Crippen molar-refractivity contribution in [3.05, 3.63) is 24.0 Å². The lowest BCUT2D eigenvalue weighted by molar-refractivity contribution is 0.0576. The van der Waals surface area contributed by atoms with Gasteiger partial charge in [-0.1, -0.05) is 6.92 Å². The van der Waals surface area contributed by atoms with Gasteiger partial charge >= 0.3 is 0 Å². The second-order valence-electron chi connectivity index (χ2n) is 2.60. The lowest BCUT2D eigenvalue weighted by Gasteiger charge is -2.26. The van der Waals surface area contributed by atoms with Crippen LogP contribution >= 0.6 is 0 Å². The van der Waals surface area contributed by atoms with Crippen molar-refractivity contribution in [2.45, 2.75) is 12.6 Å². The van der Waals surface area contributed by atoms with Crippen molar-refractivity contribution in [3.63, 3.8) is 0 Å². The molecular formula is C7H11NO2. The van der Waals surface area contributed by atoms with Crippen LogP contribution in [-0.4, -0.2) is 15.9 Å². The predicted octanol–water partition coefficient (Wildman–Crippen LogP) is 0.282. The van der Waals surface area contributed by atoms with Crippen LogP contribution in [-0.2, 0) is 0 Å². The number of hydrogen-bond donors (Lipinski definition) is 3. The summed E-state index contributed by atoms with van der Waals surface area (Å²) in [7, 11) is 0. The molecule has 0 saturated carbocycles. The molecule has 0 saturated heterocycles. The van der Waals surface area contributed by atoms with Gasteiger partial charge in [0.05, 0.1) is 0 Å². The molecule has 1 aliphatic carbocycles. The van der Waals surface area contributed by atoms with E-state index in [1.165, 1.54) is 18.2 Å². The third-order valence-corrected chi connectivity index (χ3v) is 1.67. The summed E-state index contributed by atoms with van der Waals surface area (Å²) in [6.07, 6.45) is 4.28. The van der Waals surface area contributed by atoms with Gasteiger partial charge in [0.1, 0.15) is 11.5 Å². The van der Waals surface area contributed by atoms with Gasteiger partial charge in [-0.3, -0.25) is 5.73 Å². The van der Waals surface area contributed by atoms with Crippen LogP contribution in [0.1, 0.15) is 6.92 Å². The molecule has 3 nitrogen and oxygen atoms in total. The Bertz CT molecular complexity index is 194. The fourth-order valence-corrected chi connectivity index (χ4v) is 0.816. The Hall–Kier alpha value is -0.800. The van der Waals surface area contributed by atoms with Gasteiger partial charge in [0.25, 0.3) is 0 Å². The number of rotatable bonds is 0. The molecular weight excluding hydrogens is 130 g/mol. The third-order valence-electron chi connectivity index (χ3n) is 1.67. The number of aliphatic hydroxyl groups excluding tert-OH is 1. The zero-order valence-corrected chi connectivity index (χ0v) is 5.78. The highest BCUT2D eigenvalue weighted by molar-refractivity contribution is 5.23. The minimum absolute atomic E-state index is 0.155. The summed E-state index contributed by atoms with van der Waals surface area (Å²) >= 11 is 0. The second-order valence-corrected chi connectivity index (χ2v) is 2.60. The molecule has 56 valence electrons. The number of allylic oxidation sites excluding steroid dienone is 1. The summed E-state index contributed by atoms with van der Waals surface area (Å²) in [5.41, 5.74) is 4.10. The molecule has 2 atom stereocenters. The standard InChI is InChI=1S/C7H11NO2/c1-5-4-6(9)2-3-7(5,8)10/h2-5,9-10H,8H2,1H3/t5-,7+/m0/s1. The summed E-state index contributed by atoms with van der Waals surface area (Å²) in [4.78, 5) is 0. The summed E-state index contributed by atoms with van der Waals surface area (Å²) < 4.78 is 0. The monoisotopic (exact) mass is 141 g/mol. The van der Waals surface area contributed by atoms with E-state index in [1.54, 1.807) is 6.92 Å². The van der Waals surface area contributed by atoms with Crippen molar-refractivity contribution in [1.82, 2.24) is 0 Å². The maximum absolute atomic E-state index is 9.30. The summed E-state index contributed by atoms with van der Waals surface area (Å²) in [5, 5.41) is 18.2. The Morgan fingerprint density at radius 3 is 2.70 bits per heavy atom. The van der Waals surface area contributed by atoms with E-state index in [0.717, 1.165) is 0 Å². The highest BCUT2D eigenvalue weighted by Gasteiger charge is 2.26. The summed E-state index contributed by atoms with van der Waals surface area (Å²) in [6.45, 7) is 1.74. The lowest BCUT2D eigenvalue weighted by atomic mass is 9.93. The molecule has 0 aliphatic heterocycles. The molecule has 0 fully saturated rings. The molecule has 0 bridgehead atoms. The Balaban J connectivity index is 2.84. The van der Waals surface area contributed by atoms with Crippen molar-refractivity contribution < 1.29 is 10.2 Å². The summed E-state index contributed by atoms with van der Waals surface area (Å²) in [5.74, 6) is -0.0832. The zero-order chi connectivity index (χ0) is 7.78. The molecule has 0 aromatic rings. The first-order valence-electron chi connectivity index (χ1n) is 3.13. The van der Waals surface area contributed by atoms with Crippen molar-refractivity contribution >= 4 is 0 Å². The van der Waals surface area contributed by atoms with Crippen LogP contribution in [0.5, 0.6) is 0 Å². The van der Waals surface area contributed by atoms with Gasteiger partial charge in [0, 0.05) is 5.92 Å². The van der Waals surface area contributed by atoms with Gasteiger partial charge in [-0.2, -0.15) is 0 Å². The molecule has 1 rings (SSSR count). The van der Waals surface area contributed by atoms with Gasteiger partial charge in [-0.05, 0) is 18.2 Å². The number of nitrogens with two attached hydrogens (primary N) is 1. The van der Waals surface area contributed by atoms with Gasteiger partial charge < -0.3 is 10.2 Å². The van der Waals surface area contributed by atoms with E-state index in [9.17, 15) is 5.11 Å². The first-order chi connectivity index (χ1) is 4.52. The van der Waals surface area contributed by atoms with Gasteiger partial charge in [-0.25, -0.2) is 0 Å². The number of aliphatic hydroxyl groups is 2. The highest BCUT2D eigenvalue weighted by atomic mass is 16.3. The fourth-order valence-electron chi connectivity index (χ4n) is 0.816. The van der Waals surface area contributed by atoms with Gasteiger partial charge in [0.15, 0.2) is 0 Å². The van der Waals surface area contributed by atoms with Crippen LogP contribution in [0.4, 0.5) is 0 Å². The van der Waals surface area contributed by atoms with Crippen molar-refractivity contribution in [1.29, 1.82) is 0 Å². The van der Waals surface area contributed by atoms with Crippen molar-refractivity contribution in [2.24, 2.45) is 11.7 Å². The average molecular weight is 141 g/mol. The van der Waals surface area contributed by atoms with Crippen LogP contribution in [0.15, 0.2) is 24.0 Å². The molecule has 0 heterocycles. The first kappa shape index (κ1) is 7.31. The number of hydrogen-bond acceptors (Lipinski definition) is 3. The maximum atomic E-state index is 9.30. The van der Waals surface area contributed by atoms with Crippen LogP contribution in [0.2, 0.25) is 0 Å². The van der Waals surface area contributed by atoms with E-state index < -0.39 is 5.72 Å². The van der Waals surface area contributed by atoms with Gasteiger partial charge in [0.2, 0.25) is 0 Å². The zero-order valence-electron chi connectivity index (χ0n) is 5.78. The molecule has 0 radical (unpaired) electrons. The van der Waals surface area contributed by atoms with E-state index >= 15 is 0 Å². The van der Waals surface area contributed by atoms with E-state index in [1.807, 2.05) is 0 Å². The first-order valence-corrected chi connectivity index (χ1v) is 3.13. The third kappa shape index (κ3) is 1.20. The molecule has 0 unspecified atom stereocenters. The smallest absolute Gasteiger partial charge is 0.139 e. The topological polar surface area (TPSA) is 66.5 Å². The second kappa shape index (κ2) is 2.11. The molecule has 10 heavy (non-hydrogen) atoms. The van der Waals surface area contributed by atoms with E-state index in [0.29, 0.717) is 0 Å². The predicted molar refractivity (Wildman–Crippen MR) is 38.2 cm³/mol. The molecule has 0 aromatic carbocycles. The average Bonchev–Trinajstić information content (AvgIpc) is 1.81. The van der Waals surface area contributed by atoms with Crippen LogP contribution in [0, 0.1) is 5.92 Å². The Labute approximate surface area is 59.5 Å². The quantitative estimate of drug-likeness (QED) is 0.424. The molecule has 0 spiro atoms. The lowest BCUT2D eigenvalue weighted by Crippen LogP contribution is -2.44. The molecule has 3 heteroatoms. The largest absolute Gasteiger partial charge is 0.508 e. The Morgan fingerprint density at radius 1 is 1.70 bits per heavy atom.